The van der Waals surface area contributed by atoms with E-state index in [1.54, 1.807) is 0 Å². The highest BCUT2D eigenvalue weighted by Crippen LogP contribution is 2.17. The van der Waals surface area contributed by atoms with Gasteiger partial charge in [0.1, 0.15) is 0 Å². The van der Waals surface area contributed by atoms with Gasteiger partial charge in [0.2, 0.25) is 6.10 Å². The third kappa shape index (κ3) is 3.77. The van der Waals surface area contributed by atoms with Gasteiger partial charge in [0.05, 0.1) is 6.61 Å². The SMILES string of the molecule is CO[Si](CCC(=O)OC1CCOC1=O)(OC)OC. The van der Waals surface area contributed by atoms with Gasteiger partial charge < -0.3 is 22.8 Å². The molecule has 0 radical (unpaired) electrons. The van der Waals surface area contributed by atoms with Crippen molar-refractivity contribution < 1.29 is 32.3 Å². The number of cyclic esters (lactones) is 1. The molecule has 0 spiro atoms. The molecule has 104 valence electrons. The number of esters is 2. The molecule has 0 aromatic rings. The number of hydrogen-bond acceptors (Lipinski definition) is 7. The van der Waals surface area contributed by atoms with Crippen molar-refractivity contribution in [3.05, 3.63) is 0 Å². The zero-order valence-corrected chi connectivity index (χ0v) is 11.8. The molecule has 0 aliphatic carbocycles. The summed E-state index contributed by atoms with van der Waals surface area (Å²) >= 11 is 0. The van der Waals surface area contributed by atoms with E-state index in [1.165, 1.54) is 21.3 Å². The van der Waals surface area contributed by atoms with Crippen LogP contribution >= 0.6 is 0 Å². The second kappa shape index (κ2) is 6.83. The summed E-state index contributed by atoms with van der Waals surface area (Å²) in [5, 5.41) is 0. The number of carbonyl (C=O) groups is 2. The smallest absolute Gasteiger partial charge is 0.463 e. The number of hydrogen-bond donors (Lipinski definition) is 0. The molecular weight excluding hydrogens is 260 g/mol. The zero-order chi connectivity index (χ0) is 13.6. The lowest BCUT2D eigenvalue weighted by Crippen LogP contribution is -2.43. The van der Waals surface area contributed by atoms with Crippen LogP contribution < -0.4 is 0 Å². The molecule has 1 atom stereocenters. The van der Waals surface area contributed by atoms with E-state index in [-0.39, 0.29) is 6.42 Å². The van der Waals surface area contributed by atoms with Crippen LogP contribution in [0.5, 0.6) is 0 Å². The third-order valence-electron chi connectivity index (χ3n) is 2.73. The third-order valence-corrected chi connectivity index (χ3v) is 5.46. The monoisotopic (exact) mass is 278 g/mol. The molecule has 1 rings (SSSR count). The van der Waals surface area contributed by atoms with Gasteiger partial charge in [-0.2, -0.15) is 0 Å². The lowest BCUT2D eigenvalue weighted by Gasteiger charge is -2.23. The summed E-state index contributed by atoms with van der Waals surface area (Å²) in [6.45, 7) is 0.295. The van der Waals surface area contributed by atoms with Crippen LogP contribution in [0.1, 0.15) is 12.8 Å². The molecule has 0 bridgehead atoms. The molecule has 0 saturated carbocycles. The average molecular weight is 278 g/mol. The minimum absolute atomic E-state index is 0.0749. The van der Waals surface area contributed by atoms with Crippen LogP contribution in [-0.4, -0.2) is 54.8 Å². The summed E-state index contributed by atoms with van der Waals surface area (Å²) in [4.78, 5) is 22.7. The minimum atomic E-state index is -2.77. The summed E-state index contributed by atoms with van der Waals surface area (Å²) < 4.78 is 25.2. The van der Waals surface area contributed by atoms with Crippen LogP contribution in [-0.2, 0) is 32.3 Å². The van der Waals surface area contributed by atoms with Crippen molar-refractivity contribution in [3.63, 3.8) is 0 Å². The van der Waals surface area contributed by atoms with Crippen LogP contribution in [0.4, 0.5) is 0 Å². The Balaban J connectivity index is 2.38. The second-order valence-electron chi connectivity index (χ2n) is 3.73. The van der Waals surface area contributed by atoms with Crippen molar-refractivity contribution >= 4 is 20.7 Å². The molecule has 1 aliphatic rings. The van der Waals surface area contributed by atoms with E-state index in [0.717, 1.165) is 0 Å². The lowest BCUT2D eigenvalue weighted by atomic mass is 10.3. The van der Waals surface area contributed by atoms with E-state index in [0.29, 0.717) is 19.1 Å². The molecule has 7 nitrogen and oxygen atoms in total. The lowest BCUT2D eigenvalue weighted by molar-refractivity contribution is -0.160. The highest BCUT2D eigenvalue weighted by molar-refractivity contribution is 6.60. The molecule has 18 heavy (non-hydrogen) atoms. The Hall–Kier alpha value is -0.963. The first-order valence-electron chi connectivity index (χ1n) is 5.58. The van der Waals surface area contributed by atoms with Gasteiger partial charge in [0, 0.05) is 40.2 Å². The van der Waals surface area contributed by atoms with E-state index in [4.69, 9.17) is 22.8 Å². The van der Waals surface area contributed by atoms with Crippen molar-refractivity contribution in [1.82, 2.24) is 0 Å². The van der Waals surface area contributed by atoms with E-state index in [1.807, 2.05) is 0 Å². The summed E-state index contributed by atoms with van der Waals surface area (Å²) in [5.41, 5.74) is 0. The standard InChI is InChI=1S/C10H18O7Si/c1-13-18(14-2,15-3)7-5-9(11)17-8-4-6-16-10(8)12/h8H,4-7H2,1-3H3. The number of rotatable bonds is 7. The largest absolute Gasteiger partial charge is 0.500 e. The summed E-state index contributed by atoms with van der Waals surface area (Å²) in [7, 11) is 1.64. The molecule has 0 N–H and O–H groups in total. The first-order valence-corrected chi connectivity index (χ1v) is 7.51. The predicted molar refractivity (Wildman–Crippen MR) is 61.7 cm³/mol. The maximum Gasteiger partial charge on any atom is 0.500 e. The van der Waals surface area contributed by atoms with Crippen LogP contribution in [0.15, 0.2) is 0 Å². The fourth-order valence-corrected chi connectivity index (χ4v) is 3.24. The molecule has 1 aliphatic heterocycles. The Morgan fingerprint density at radius 2 is 1.94 bits per heavy atom. The van der Waals surface area contributed by atoms with Crippen molar-refractivity contribution in [2.75, 3.05) is 27.9 Å². The van der Waals surface area contributed by atoms with E-state index >= 15 is 0 Å². The Morgan fingerprint density at radius 1 is 1.33 bits per heavy atom. The van der Waals surface area contributed by atoms with Crippen LogP contribution in [0.3, 0.4) is 0 Å². The van der Waals surface area contributed by atoms with Crippen molar-refractivity contribution in [2.45, 2.75) is 25.0 Å². The van der Waals surface area contributed by atoms with Gasteiger partial charge in [-0.3, -0.25) is 4.79 Å². The number of ether oxygens (including phenoxy) is 2. The van der Waals surface area contributed by atoms with E-state index in [9.17, 15) is 9.59 Å². The van der Waals surface area contributed by atoms with Gasteiger partial charge in [0.25, 0.3) is 0 Å². The molecule has 8 heteroatoms. The maximum atomic E-state index is 11.6. The van der Waals surface area contributed by atoms with Gasteiger partial charge in [-0.25, -0.2) is 4.79 Å². The molecule has 1 unspecified atom stereocenters. The molecule has 1 saturated heterocycles. The summed E-state index contributed by atoms with van der Waals surface area (Å²) in [5.74, 6) is -0.973. The minimum Gasteiger partial charge on any atom is -0.463 e. The molecule has 1 fully saturated rings. The normalized spacial score (nSPS) is 19.7. The van der Waals surface area contributed by atoms with E-state index < -0.39 is 26.8 Å². The van der Waals surface area contributed by atoms with Gasteiger partial charge in [0.15, 0.2) is 0 Å². The Morgan fingerprint density at radius 3 is 2.39 bits per heavy atom. The highest BCUT2D eigenvalue weighted by Gasteiger charge is 2.39. The average Bonchev–Trinajstić information content (AvgIpc) is 2.77. The zero-order valence-electron chi connectivity index (χ0n) is 10.8. The van der Waals surface area contributed by atoms with Crippen LogP contribution in [0.25, 0.3) is 0 Å². The van der Waals surface area contributed by atoms with Gasteiger partial charge >= 0.3 is 20.7 Å². The Bertz CT molecular complexity index is 294. The molecule has 0 aromatic heterocycles. The van der Waals surface area contributed by atoms with E-state index in [2.05, 4.69) is 0 Å². The molecule has 0 amide bonds. The highest BCUT2D eigenvalue weighted by atomic mass is 28.4. The Kier molecular flexibility index (Phi) is 5.73. The maximum absolute atomic E-state index is 11.6. The van der Waals surface area contributed by atoms with Gasteiger partial charge in [-0.1, -0.05) is 0 Å². The van der Waals surface area contributed by atoms with Gasteiger partial charge in [-0.15, -0.1) is 0 Å². The molecule has 1 heterocycles. The fraction of sp³-hybridized carbons (Fsp3) is 0.800. The predicted octanol–water partition coefficient (Wildman–Crippen LogP) is 0.113. The second-order valence-corrected chi connectivity index (χ2v) is 6.82. The number of carbonyl (C=O) groups excluding carboxylic acids is 2. The van der Waals surface area contributed by atoms with Gasteiger partial charge in [-0.05, 0) is 0 Å². The molecule has 0 aromatic carbocycles. The molecular formula is C10H18O7Si. The topological polar surface area (TPSA) is 80.3 Å². The van der Waals surface area contributed by atoms with Crippen molar-refractivity contribution in [1.29, 1.82) is 0 Å². The van der Waals surface area contributed by atoms with Crippen LogP contribution in [0, 0.1) is 0 Å². The van der Waals surface area contributed by atoms with Crippen LogP contribution in [0.2, 0.25) is 6.04 Å². The Labute approximate surface area is 107 Å². The summed E-state index contributed by atoms with van der Waals surface area (Å²) in [6, 6.07) is 0.303. The quantitative estimate of drug-likeness (QED) is 0.483. The summed E-state index contributed by atoms with van der Waals surface area (Å²) in [6.07, 6.45) is -0.293. The van der Waals surface area contributed by atoms with Crippen molar-refractivity contribution in [2.24, 2.45) is 0 Å². The van der Waals surface area contributed by atoms with Crippen molar-refractivity contribution in [3.8, 4) is 0 Å². The fourth-order valence-electron chi connectivity index (χ4n) is 1.61. The first-order chi connectivity index (χ1) is 8.56. The first kappa shape index (κ1) is 15.1.